The van der Waals surface area contributed by atoms with Crippen LogP contribution in [-0.2, 0) is 6.42 Å². The van der Waals surface area contributed by atoms with E-state index in [0.29, 0.717) is 11.6 Å². The normalized spacial score (nSPS) is 24.3. The molecule has 3 rings (SSSR count). The number of hydrogen-bond donors (Lipinski definition) is 1. The van der Waals surface area contributed by atoms with E-state index >= 15 is 0 Å². The molecule has 4 heteroatoms. The fourth-order valence-corrected chi connectivity index (χ4v) is 4.93. The van der Waals surface area contributed by atoms with Gasteiger partial charge in [-0.15, -0.1) is 11.3 Å². The number of nitrogens with zero attached hydrogens (tertiary/aromatic N) is 2. The zero-order valence-electron chi connectivity index (χ0n) is 12.8. The van der Waals surface area contributed by atoms with Crippen LogP contribution in [0.4, 0.5) is 0 Å². The van der Waals surface area contributed by atoms with Gasteiger partial charge in [0.1, 0.15) is 0 Å². The van der Waals surface area contributed by atoms with Crippen LogP contribution in [0.25, 0.3) is 0 Å². The molecular formula is C16H27N3S. The van der Waals surface area contributed by atoms with Crippen molar-refractivity contribution in [1.29, 1.82) is 0 Å². The predicted molar refractivity (Wildman–Crippen MR) is 85.4 cm³/mol. The molecule has 1 atom stereocenters. The quantitative estimate of drug-likeness (QED) is 0.904. The van der Waals surface area contributed by atoms with Gasteiger partial charge in [0, 0.05) is 23.4 Å². The number of aromatic nitrogens is 1. The van der Waals surface area contributed by atoms with E-state index in [9.17, 15) is 0 Å². The summed E-state index contributed by atoms with van der Waals surface area (Å²) in [6.07, 6.45) is 9.36. The molecule has 1 aromatic heterocycles. The third-order valence-corrected chi connectivity index (χ3v) is 6.10. The van der Waals surface area contributed by atoms with E-state index in [2.05, 4.69) is 34.6 Å². The Kier molecular flexibility index (Phi) is 4.43. The first kappa shape index (κ1) is 14.5. The SMILES string of the molecule is CNC(Cc1csc(C)n1)C1(N2CCCC2)CCCC1. The van der Waals surface area contributed by atoms with Gasteiger partial charge in [0.05, 0.1) is 10.7 Å². The number of thiazole rings is 1. The fraction of sp³-hybridized carbons (Fsp3) is 0.812. The second-order valence-electron chi connectivity index (χ2n) is 6.41. The number of likely N-dealkylation sites (tertiary alicyclic amines) is 1. The zero-order chi connectivity index (χ0) is 14.0. The summed E-state index contributed by atoms with van der Waals surface area (Å²) in [6.45, 7) is 4.71. The molecule has 1 saturated heterocycles. The molecule has 0 radical (unpaired) electrons. The topological polar surface area (TPSA) is 28.2 Å². The minimum atomic E-state index is 0.392. The van der Waals surface area contributed by atoms with Gasteiger partial charge < -0.3 is 5.32 Å². The van der Waals surface area contributed by atoms with Crippen LogP contribution in [0, 0.1) is 6.92 Å². The minimum absolute atomic E-state index is 0.392. The first-order valence-corrected chi connectivity index (χ1v) is 8.96. The van der Waals surface area contributed by atoms with E-state index in [0.717, 1.165) is 6.42 Å². The van der Waals surface area contributed by atoms with Gasteiger partial charge in [-0.2, -0.15) is 0 Å². The van der Waals surface area contributed by atoms with E-state index < -0.39 is 0 Å². The van der Waals surface area contributed by atoms with Crippen molar-refractivity contribution in [2.24, 2.45) is 0 Å². The highest BCUT2D eigenvalue weighted by Gasteiger charge is 2.46. The first-order valence-electron chi connectivity index (χ1n) is 8.08. The standard InChI is InChI=1S/C16H27N3S/c1-13-18-14(12-20-13)11-15(17-2)16(7-3-4-8-16)19-9-5-6-10-19/h12,15,17H,3-11H2,1-2H3. The Balaban J connectivity index is 1.80. The van der Waals surface area contributed by atoms with Crippen molar-refractivity contribution in [3.63, 3.8) is 0 Å². The average molecular weight is 293 g/mol. The second-order valence-corrected chi connectivity index (χ2v) is 7.47. The molecule has 3 nitrogen and oxygen atoms in total. The Hall–Kier alpha value is -0.450. The van der Waals surface area contributed by atoms with Crippen LogP contribution in [0.5, 0.6) is 0 Å². The summed E-state index contributed by atoms with van der Waals surface area (Å²) in [5.74, 6) is 0. The summed E-state index contributed by atoms with van der Waals surface area (Å²) in [5.41, 5.74) is 1.67. The molecule has 112 valence electrons. The maximum atomic E-state index is 4.69. The molecule has 0 bridgehead atoms. The van der Waals surface area contributed by atoms with E-state index in [4.69, 9.17) is 0 Å². The fourth-order valence-electron chi connectivity index (χ4n) is 4.31. The van der Waals surface area contributed by atoms with Crippen LogP contribution in [0.2, 0.25) is 0 Å². The molecule has 1 aliphatic carbocycles. The molecule has 1 unspecified atom stereocenters. The average Bonchev–Trinajstić information content (AvgIpc) is 3.17. The van der Waals surface area contributed by atoms with Crippen LogP contribution in [-0.4, -0.2) is 41.6 Å². The maximum absolute atomic E-state index is 4.69. The Bertz CT molecular complexity index is 431. The third kappa shape index (κ3) is 2.66. The lowest BCUT2D eigenvalue weighted by atomic mass is 9.83. The Morgan fingerprint density at radius 2 is 2.00 bits per heavy atom. The molecule has 20 heavy (non-hydrogen) atoms. The van der Waals surface area contributed by atoms with Gasteiger partial charge in [-0.3, -0.25) is 4.90 Å². The van der Waals surface area contributed by atoms with E-state index in [1.54, 1.807) is 11.3 Å². The van der Waals surface area contributed by atoms with Gasteiger partial charge in [0.25, 0.3) is 0 Å². The van der Waals surface area contributed by atoms with Crippen molar-refractivity contribution >= 4 is 11.3 Å². The van der Waals surface area contributed by atoms with Gasteiger partial charge in [-0.25, -0.2) is 4.98 Å². The van der Waals surface area contributed by atoms with Gasteiger partial charge in [0.2, 0.25) is 0 Å². The summed E-state index contributed by atoms with van der Waals surface area (Å²) >= 11 is 1.78. The Labute approximate surface area is 126 Å². The zero-order valence-corrected chi connectivity index (χ0v) is 13.6. The summed E-state index contributed by atoms with van der Waals surface area (Å²) < 4.78 is 0. The van der Waals surface area contributed by atoms with Crippen LogP contribution in [0.1, 0.15) is 49.2 Å². The van der Waals surface area contributed by atoms with Gasteiger partial charge in [-0.05, 0) is 52.7 Å². The van der Waals surface area contributed by atoms with Gasteiger partial charge in [-0.1, -0.05) is 12.8 Å². The molecule has 1 aliphatic heterocycles. The molecule has 1 N–H and O–H groups in total. The monoisotopic (exact) mass is 293 g/mol. The van der Waals surface area contributed by atoms with Crippen molar-refractivity contribution in [3.05, 3.63) is 16.1 Å². The molecular weight excluding hydrogens is 266 g/mol. The first-order chi connectivity index (χ1) is 9.74. The van der Waals surface area contributed by atoms with Crippen LogP contribution < -0.4 is 5.32 Å². The third-order valence-electron chi connectivity index (χ3n) is 5.28. The smallest absolute Gasteiger partial charge is 0.0897 e. The number of likely N-dealkylation sites (N-methyl/N-ethyl adjacent to an activating group) is 1. The Morgan fingerprint density at radius 1 is 1.30 bits per heavy atom. The van der Waals surface area contributed by atoms with Crippen molar-refractivity contribution in [2.45, 2.75) is 63.5 Å². The van der Waals surface area contributed by atoms with Gasteiger partial charge in [0.15, 0.2) is 0 Å². The summed E-state index contributed by atoms with van der Waals surface area (Å²) in [6, 6.07) is 0.546. The molecule has 1 saturated carbocycles. The molecule has 0 amide bonds. The van der Waals surface area contributed by atoms with E-state index in [1.165, 1.54) is 62.3 Å². The van der Waals surface area contributed by atoms with Crippen LogP contribution in [0.3, 0.4) is 0 Å². The van der Waals surface area contributed by atoms with Crippen molar-refractivity contribution in [1.82, 2.24) is 15.2 Å². The highest BCUT2D eigenvalue weighted by Crippen LogP contribution is 2.40. The van der Waals surface area contributed by atoms with E-state index in [-0.39, 0.29) is 0 Å². The number of nitrogens with one attached hydrogen (secondary N) is 1. The predicted octanol–water partition coefficient (Wildman–Crippen LogP) is 2.99. The lowest BCUT2D eigenvalue weighted by Crippen LogP contribution is -2.59. The number of hydrogen-bond acceptors (Lipinski definition) is 4. The van der Waals surface area contributed by atoms with Crippen LogP contribution >= 0.6 is 11.3 Å². The van der Waals surface area contributed by atoms with Crippen molar-refractivity contribution in [2.75, 3.05) is 20.1 Å². The molecule has 0 spiro atoms. The summed E-state index contributed by atoms with van der Waals surface area (Å²) in [5, 5.41) is 7.08. The molecule has 2 fully saturated rings. The molecule has 1 aromatic rings. The molecule has 2 aliphatic rings. The lowest BCUT2D eigenvalue weighted by Gasteiger charge is -2.45. The van der Waals surface area contributed by atoms with Gasteiger partial charge >= 0.3 is 0 Å². The molecule has 2 heterocycles. The highest BCUT2D eigenvalue weighted by molar-refractivity contribution is 7.09. The van der Waals surface area contributed by atoms with E-state index in [1.807, 2.05) is 0 Å². The van der Waals surface area contributed by atoms with Crippen molar-refractivity contribution in [3.8, 4) is 0 Å². The minimum Gasteiger partial charge on any atom is -0.315 e. The lowest BCUT2D eigenvalue weighted by molar-refractivity contribution is 0.0794. The Morgan fingerprint density at radius 3 is 2.55 bits per heavy atom. The largest absolute Gasteiger partial charge is 0.315 e. The second kappa shape index (κ2) is 6.12. The number of rotatable bonds is 5. The van der Waals surface area contributed by atoms with Crippen LogP contribution in [0.15, 0.2) is 5.38 Å². The highest BCUT2D eigenvalue weighted by atomic mass is 32.1. The molecule has 0 aromatic carbocycles. The van der Waals surface area contributed by atoms with Crippen molar-refractivity contribution < 1.29 is 0 Å². The summed E-state index contributed by atoms with van der Waals surface area (Å²) in [7, 11) is 2.14. The number of aryl methyl sites for hydroxylation is 1. The maximum Gasteiger partial charge on any atom is 0.0897 e. The summed E-state index contributed by atoms with van der Waals surface area (Å²) in [4.78, 5) is 7.48.